The molecule has 0 saturated carbocycles. The Morgan fingerprint density at radius 3 is 3.07 bits per heavy atom. The predicted molar refractivity (Wildman–Crippen MR) is 59.3 cm³/mol. The molecule has 2 rings (SSSR count). The molecule has 1 aliphatic rings. The molecule has 0 spiro atoms. The summed E-state index contributed by atoms with van der Waals surface area (Å²) in [5.74, 6) is 1.28. The van der Waals surface area contributed by atoms with Gasteiger partial charge in [-0.25, -0.2) is 0 Å². The van der Waals surface area contributed by atoms with E-state index in [1.165, 1.54) is 18.6 Å². The molecule has 2 heterocycles. The number of rotatable bonds is 3. The maximum Gasteiger partial charge on any atom is 0.0767 e. The summed E-state index contributed by atoms with van der Waals surface area (Å²) in [6.07, 6.45) is 7.96. The van der Waals surface area contributed by atoms with Gasteiger partial charge in [0.2, 0.25) is 0 Å². The molecule has 76 valence electrons. The molecule has 1 aliphatic heterocycles. The van der Waals surface area contributed by atoms with Gasteiger partial charge in [-0.05, 0) is 25.6 Å². The van der Waals surface area contributed by atoms with Gasteiger partial charge in [-0.15, -0.1) is 0 Å². The van der Waals surface area contributed by atoms with Crippen molar-refractivity contribution in [3.05, 3.63) is 24.3 Å². The second kappa shape index (κ2) is 4.75. The standard InChI is InChI=1S/C10H15N3S/c1-11-10(9-3-2-6-14-9)8-7-12-4-5-13-8/h4-5,7,9-11H,2-3,6H2,1H3. The first-order valence-electron chi connectivity index (χ1n) is 4.96. The van der Waals surface area contributed by atoms with Crippen LogP contribution in [0.25, 0.3) is 0 Å². The van der Waals surface area contributed by atoms with Crippen molar-refractivity contribution in [2.75, 3.05) is 12.8 Å². The van der Waals surface area contributed by atoms with E-state index in [0.717, 1.165) is 5.69 Å². The molecule has 0 aromatic carbocycles. The van der Waals surface area contributed by atoms with Crippen LogP contribution >= 0.6 is 11.8 Å². The van der Waals surface area contributed by atoms with E-state index in [9.17, 15) is 0 Å². The Kier molecular flexibility index (Phi) is 3.37. The lowest BCUT2D eigenvalue weighted by atomic mass is 10.1. The van der Waals surface area contributed by atoms with E-state index >= 15 is 0 Å². The molecule has 1 N–H and O–H groups in total. The zero-order valence-electron chi connectivity index (χ0n) is 8.31. The fourth-order valence-corrected chi connectivity index (χ4v) is 3.30. The molecule has 0 amide bonds. The SMILES string of the molecule is CNC(c1cnccn1)C1CCCS1. The lowest BCUT2D eigenvalue weighted by Crippen LogP contribution is -2.26. The Hall–Kier alpha value is -0.610. The molecular formula is C10H15N3S. The zero-order valence-corrected chi connectivity index (χ0v) is 9.13. The first-order chi connectivity index (χ1) is 6.92. The van der Waals surface area contributed by atoms with Crippen molar-refractivity contribution in [2.45, 2.75) is 24.1 Å². The lowest BCUT2D eigenvalue weighted by Gasteiger charge is -2.21. The molecular weight excluding hydrogens is 194 g/mol. The lowest BCUT2D eigenvalue weighted by molar-refractivity contribution is 0.537. The highest BCUT2D eigenvalue weighted by Crippen LogP contribution is 2.34. The van der Waals surface area contributed by atoms with Gasteiger partial charge in [0.15, 0.2) is 0 Å². The van der Waals surface area contributed by atoms with Crippen LogP contribution in [-0.4, -0.2) is 28.0 Å². The predicted octanol–water partition coefficient (Wildman–Crippen LogP) is 1.63. The molecule has 1 saturated heterocycles. The van der Waals surface area contributed by atoms with E-state index in [-0.39, 0.29) is 0 Å². The van der Waals surface area contributed by atoms with Gasteiger partial charge < -0.3 is 5.32 Å². The highest BCUT2D eigenvalue weighted by atomic mass is 32.2. The van der Waals surface area contributed by atoms with Crippen LogP contribution in [0.3, 0.4) is 0 Å². The average Bonchev–Trinajstić information content (AvgIpc) is 2.74. The summed E-state index contributed by atoms with van der Waals surface area (Å²) in [6, 6.07) is 0.358. The quantitative estimate of drug-likeness (QED) is 0.821. The van der Waals surface area contributed by atoms with Crippen molar-refractivity contribution in [1.29, 1.82) is 0 Å². The second-order valence-electron chi connectivity index (χ2n) is 3.45. The Morgan fingerprint density at radius 2 is 2.50 bits per heavy atom. The summed E-state index contributed by atoms with van der Waals surface area (Å²) in [6.45, 7) is 0. The maximum atomic E-state index is 4.36. The summed E-state index contributed by atoms with van der Waals surface area (Å²) in [5, 5.41) is 4.00. The normalized spacial score (nSPS) is 23.6. The Balaban J connectivity index is 2.12. The van der Waals surface area contributed by atoms with Crippen LogP contribution in [0.2, 0.25) is 0 Å². The molecule has 0 radical (unpaired) electrons. The molecule has 14 heavy (non-hydrogen) atoms. The molecule has 0 bridgehead atoms. The van der Waals surface area contributed by atoms with Crippen molar-refractivity contribution in [2.24, 2.45) is 0 Å². The van der Waals surface area contributed by atoms with Gasteiger partial charge in [-0.2, -0.15) is 11.8 Å². The number of nitrogens with zero attached hydrogens (tertiary/aromatic N) is 2. The molecule has 3 nitrogen and oxygen atoms in total. The van der Waals surface area contributed by atoms with Crippen LogP contribution in [0.1, 0.15) is 24.6 Å². The van der Waals surface area contributed by atoms with Crippen LogP contribution in [0.4, 0.5) is 0 Å². The highest BCUT2D eigenvalue weighted by molar-refractivity contribution is 8.00. The smallest absolute Gasteiger partial charge is 0.0767 e. The molecule has 1 aromatic rings. The number of aromatic nitrogens is 2. The minimum Gasteiger partial charge on any atom is -0.311 e. The van der Waals surface area contributed by atoms with Crippen LogP contribution in [-0.2, 0) is 0 Å². The fraction of sp³-hybridized carbons (Fsp3) is 0.600. The van der Waals surface area contributed by atoms with Gasteiger partial charge in [0.25, 0.3) is 0 Å². The topological polar surface area (TPSA) is 37.8 Å². The minimum absolute atomic E-state index is 0.358. The monoisotopic (exact) mass is 209 g/mol. The maximum absolute atomic E-state index is 4.36. The summed E-state index contributed by atoms with van der Waals surface area (Å²) >= 11 is 2.04. The van der Waals surface area contributed by atoms with Crippen molar-refractivity contribution >= 4 is 11.8 Å². The van der Waals surface area contributed by atoms with Gasteiger partial charge in [0.05, 0.1) is 17.9 Å². The molecule has 4 heteroatoms. The Morgan fingerprint density at radius 1 is 1.57 bits per heavy atom. The third kappa shape index (κ3) is 2.07. The second-order valence-corrected chi connectivity index (χ2v) is 4.80. The summed E-state index contributed by atoms with van der Waals surface area (Å²) in [5.41, 5.74) is 1.06. The van der Waals surface area contributed by atoms with Crippen molar-refractivity contribution in [1.82, 2.24) is 15.3 Å². The van der Waals surface area contributed by atoms with E-state index in [2.05, 4.69) is 15.3 Å². The van der Waals surface area contributed by atoms with Gasteiger partial charge in [0, 0.05) is 17.6 Å². The number of thioether (sulfide) groups is 1. The summed E-state index contributed by atoms with van der Waals surface area (Å²) in [7, 11) is 2.00. The van der Waals surface area contributed by atoms with E-state index in [1.54, 1.807) is 12.4 Å². The van der Waals surface area contributed by atoms with E-state index in [4.69, 9.17) is 0 Å². The van der Waals surface area contributed by atoms with Gasteiger partial charge in [0.1, 0.15) is 0 Å². The first kappa shape index (κ1) is 9.93. The molecule has 0 aliphatic carbocycles. The van der Waals surface area contributed by atoms with Crippen molar-refractivity contribution < 1.29 is 0 Å². The third-order valence-corrected chi connectivity index (χ3v) is 4.01. The average molecular weight is 209 g/mol. The van der Waals surface area contributed by atoms with E-state index in [1.807, 2.05) is 25.0 Å². The molecule has 1 fully saturated rings. The zero-order chi connectivity index (χ0) is 9.80. The van der Waals surface area contributed by atoms with Crippen LogP contribution in [0.5, 0.6) is 0 Å². The third-order valence-electron chi connectivity index (χ3n) is 2.55. The highest BCUT2D eigenvalue weighted by Gasteiger charge is 2.26. The van der Waals surface area contributed by atoms with Crippen LogP contribution < -0.4 is 5.32 Å². The first-order valence-corrected chi connectivity index (χ1v) is 6.01. The van der Waals surface area contributed by atoms with Gasteiger partial charge >= 0.3 is 0 Å². The fourth-order valence-electron chi connectivity index (χ4n) is 1.86. The molecule has 1 aromatic heterocycles. The van der Waals surface area contributed by atoms with Gasteiger partial charge in [-0.1, -0.05) is 0 Å². The molecule has 2 unspecified atom stereocenters. The number of hydrogen-bond acceptors (Lipinski definition) is 4. The van der Waals surface area contributed by atoms with E-state index < -0.39 is 0 Å². The Labute approximate surface area is 88.7 Å². The van der Waals surface area contributed by atoms with Crippen molar-refractivity contribution in [3.8, 4) is 0 Å². The molecule has 2 atom stereocenters. The number of hydrogen-bond donors (Lipinski definition) is 1. The summed E-state index contributed by atoms with van der Waals surface area (Å²) < 4.78 is 0. The van der Waals surface area contributed by atoms with E-state index in [0.29, 0.717) is 11.3 Å². The minimum atomic E-state index is 0.358. The van der Waals surface area contributed by atoms with Gasteiger partial charge in [-0.3, -0.25) is 9.97 Å². The van der Waals surface area contributed by atoms with Crippen molar-refractivity contribution in [3.63, 3.8) is 0 Å². The summed E-state index contributed by atoms with van der Waals surface area (Å²) in [4.78, 5) is 8.47. The largest absolute Gasteiger partial charge is 0.311 e. The van der Waals surface area contributed by atoms with Crippen LogP contribution in [0.15, 0.2) is 18.6 Å². The number of nitrogens with one attached hydrogen (secondary N) is 1. The Bertz CT molecular complexity index is 272. The van der Waals surface area contributed by atoms with Crippen LogP contribution in [0, 0.1) is 0 Å².